The van der Waals surface area contributed by atoms with Crippen LogP contribution in [0.25, 0.3) is 21.7 Å². The molecular formula is C21H21F3N4O5S. The van der Waals surface area contributed by atoms with Crippen LogP contribution in [0.2, 0.25) is 0 Å². The number of ether oxygens (including phenoxy) is 1. The monoisotopic (exact) mass is 498 g/mol. The second-order valence-corrected chi connectivity index (χ2v) is 9.20. The molecule has 0 spiro atoms. The maximum Gasteiger partial charge on any atom is 0.573 e. The molecule has 9 nitrogen and oxygen atoms in total. The Hall–Kier alpha value is -3.06. The lowest BCUT2D eigenvalue weighted by molar-refractivity contribution is -0.274. The largest absolute Gasteiger partial charge is 0.573 e. The molecule has 2 aliphatic heterocycles. The minimum Gasteiger partial charge on any atom is -0.465 e. The molecule has 1 aromatic carbocycles. The van der Waals surface area contributed by atoms with Crippen LogP contribution in [0.4, 0.5) is 24.0 Å². The molecule has 4 heterocycles. The number of alkyl halides is 3. The quantitative estimate of drug-likeness (QED) is 0.524. The Morgan fingerprint density at radius 3 is 2.62 bits per heavy atom. The summed E-state index contributed by atoms with van der Waals surface area (Å²) in [6.45, 7) is 2.26. The van der Waals surface area contributed by atoms with Gasteiger partial charge in [0.05, 0.1) is 23.8 Å². The van der Waals surface area contributed by atoms with E-state index in [-0.39, 0.29) is 41.2 Å². The number of rotatable bonds is 5. The Kier molecular flexibility index (Phi) is 5.55. The predicted molar refractivity (Wildman–Crippen MR) is 116 cm³/mol. The topological polar surface area (TPSA) is 112 Å². The van der Waals surface area contributed by atoms with Crippen LogP contribution in [0.1, 0.15) is 37.9 Å². The number of aromatic nitrogens is 2. The second kappa shape index (κ2) is 8.31. The van der Waals surface area contributed by atoms with Crippen LogP contribution < -0.4 is 9.64 Å². The van der Waals surface area contributed by atoms with Crippen molar-refractivity contribution in [1.29, 1.82) is 0 Å². The molecule has 3 atom stereocenters. The van der Waals surface area contributed by atoms with E-state index in [4.69, 9.17) is 4.42 Å². The summed E-state index contributed by atoms with van der Waals surface area (Å²) in [6, 6.07) is 0.961. The van der Waals surface area contributed by atoms with Crippen LogP contribution in [0.3, 0.4) is 0 Å². The van der Waals surface area contributed by atoms with Crippen LogP contribution in [-0.4, -0.2) is 62.7 Å². The van der Waals surface area contributed by atoms with E-state index in [0.29, 0.717) is 36.5 Å². The maximum absolute atomic E-state index is 13.3. The third kappa shape index (κ3) is 3.92. The van der Waals surface area contributed by atoms with E-state index in [1.807, 2.05) is 0 Å². The normalized spacial score (nSPS) is 21.3. The van der Waals surface area contributed by atoms with Gasteiger partial charge in [-0.25, -0.2) is 9.78 Å². The van der Waals surface area contributed by atoms with Gasteiger partial charge < -0.3 is 24.3 Å². The molecule has 3 aromatic rings. The predicted octanol–water partition coefficient (Wildman–Crippen LogP) is 4.62. The van der Waals surface area contributed by atoms with Crippen molar-refractivity contribution in [3.05, 3.63) is 23.2 Å². The third-order valence-electron chi connectivity index (χ3n) is 6.24. The number of fused-ring (bicyclic) bond motifs is 3. The van der Waals surface area contributed by atoms with Crippen LogP contribution >= 0.6 is 11.3 Å². The Labute approximate surface area is 195 Å². The van der Waals surface area contributed by atoms with Gasteiger partial charge in [0, 0.05) is 30.2 Å². The number of halogens is 3. The molecule has 0 saturated carbocycles. The van der Waals surface area contributed by atoms with Crippen molar-refractivity contribution < 1.29 is 37.3 Å². The Morgan fingerprint density at radius 2 is 2.06 bits per heavy atom. The number of carbonyl (C=O) groups is 1. The molecule has 2 aliphatic rings. The Bertz CT molecular complexity index is 1200. The Balaban J connectivity index is 1.65. The van der Waals surface area contributed by atoms with E-state index in [1.165, 1.54) is 22.3 Å². The third-order valence-corrected chi connectivity index (χ3v) is 7.04. The summed E-state index contributed by atoms with van der Waals surface area (Å²) in [5.74, 6) is -0.612. The number of amides is 1. The SMILES string of the molecule is CCC(O)c1cc(-c2nccs2)c2oc(N3CC4CCC(C3)N4C(=O)O)nc2c1OC(F)(F)F. The molecular weight excluding hydrogens is 477 g/mol. The smallest absolute Gasteiger partial charge is 0.465 e. The highest BCUT2D eigenvalue weighted by Gasteiger charge is 2.44. The first-order chi connectivity index (χ1) is 16.2. The van der Waals surface area contributed by atoms with Crippen molar-refractivity contribution in [2.24, 2.45) is 0 Å². The summed E-state index contributed by atoms with van der Waals surface area (Å²) in [7, 11) is 0. The van der Waals surface area contributed by atoms with Gasteiger partial charge in [-0.05, 0) is 25.3 Å². The van der Waals surface area contributed by atoms with Gasteiger partial charge in [0.1, 0.15) is 5.01 Å². The van der Waals surface area contributed by atoms with Crippen molar-refractivity contribution in [3.63, 3.8) is 0 Å². The summed E-state index contributed by atoms with van der Waals surface area (Å²) < 4.78 is 50.3. The van der Waals surface area contributed by atoms with E-state index < -0.39 is 24.3 Å². The fourth-order valence-electron chi connectivity index (χ4n) is 4.78. The fraction of sp³-hybridized carbons (Fsp3) is 0.476. The van der Waals surface area contributed by atoms with Gasteiger partial charge in [-0.2, -0.15) is 4.98 Å². The molecule has 2 N–H and O–H groups in total. The summed E-state index contributed by atoms with van der Waals surface area (Å²) in [5, 5.41) is 22.2. The number of hydrogen-bond acceptors (Lipinski definition) is 8. The first-order valence-electron chi connectivity index (χ1n) is 10.7. The molecule has 2 aromatic heterocycles. The lowest BCUT2D eigenvalue weighted by Gasteiger charge is -2.38. The number of anilines is 1. The highest BCUT2D eigenvalue weighted by atomic mass is 32.1. The number of oxazole rings is 1. The van der Waals surface area contributed by atoms with E-state index in [9.17, 15) is 28.2 Å². The average molecular weight is 498 g/mol. The lowest BCUT2D eigenvalue weighted by Crippen LogP contribution is -2.55. The first-order valence-corrected chi connectivity index (χ1v) is 11.6. The zero-order valence-corrected chi connectivity index (χ0v) is 18.8. The number of nitrogens with zero attached hydrogens (tertiary/aromatic N) is 4. The van der Waals surface area contributed by atoms with Gasteiger partial charge >= 0.3 is 12.5 Å². The Morgan fingerprint density at radius 1 is 1.35 bits per heavy atom. The zero-order chi connectivity index (χ0) is 24.2. The molecule has 3 unspecified atom stereocenters. The summed E-state index contributed by atoms with van der Waals surface area (Å²) in [4.78, 5) is 23.4. The average Bonchev–Trinajstić information content (AvgIpc) is 3.51. The lowest BCUT2D eigenvalue weighted by atomic mass is 10.0. The molecule has 13 heteroatoms. The van der Waals surface area contributed by atoms with Crippen LogP contribution in [0.5, 0.6) is 5.75 Å². The summed E-state index contributed by atoms with van der Waals surface area (Å²) in [5.41, 5.74) is 0.223. The van der Waals surface area contributed by atoms with Gasteiger partial charge in [-0.3, -0.25) is 4.90 Å². The second-order valence-electron chi connectivity index (χ2n) is 8.31. The van der Waals surface area contributed by atoms with E-state index in [2.05, 4.69) is 14.7 Å². The van der Waals surface area contributed by atoms with E-state index >= 15 is 0 Å². The number of aliphatic hydroxyl groups is 1. The molecule has 1 amide bonds. The number of thiazole rings is 1. The molecule has 0 aliphatic carbocycles. The first kappa shape index (κ1) is 22.7. The summed E-state index contributed by atoms with van der Waals surface area (Å²) in [6.07, 6.45) is -4.14. The van der Waals surface area contributed by atoms with E-state index in [1.54, 1.807) is 23.4 Å². The number of hydrogen-bond donors (Lipinski definition) is 2. The van der Waals surface area contributed by atoms with Gasteiger partial charge in [0.2, 0.25) is 0 Å². The van der Waals surface area contributed by atoms with Gasteiger partial charge in [0.25, 0.3) is 6.01 Å². The van der Waals surface area contributed by atoms with Crippen LogP contribution in [0.15, 0.2) is 22.1 Å². The molecule has 0 radical (unpaired) electrons. The molecule has 182 valence electrons. The van der Waals surface area contributed by atoms with Gasteiger partial charge in [0.15, 0.2) is 16.8 Å². The molecule has 2 bridgehead atoms. The zero-order valence-electron chi connectivity index (χ0n) is 17.9. The fourth-order valence-corrected chi connectivity index (χ4v) is 5.43. The van der Waals surface area contributed by atoms with Crippen molar-refractivity contribution in [2.45, 2.75) is 50.7 Å². The number of benzene rings is 1. The van der Waals surface area contributed by atoms with Gasteiger partial charge in [-0.15, -0.1) is 24.5 Å². The molecule has 5 rings (SSSR count). The number of carboxylic acid groups (broad SMARTS) is 1. The van der Waals surface area contributed by atoms with Crippen molar-refractivity contribution in [2.75, 3.05) is 18.0 Å². The highest BCUT2D eigenvalue weighted by molar-refractivity contribution is 7.13. The molecule has 34 heavy (non-hydrogen) atoms. The standard InChI is InChI=1S/C21H21F3N4O5S/c1-2-14(29)12-7-13(18-25-5-6-34-18)16-15(17(12)33-21(22,23)24)26-19(32-16)27-8-10-3-4-11(9-27)28(10)20(30)31/h5-7,10-11,14,29H,2-4,8-9H2,1H3,(H,30,31). The number of piperazine rings is 1. The minimum absolute atomic E-state index is 0.0595. The van der Waals surface area contributed by atoms with Gasteiger partial charge in [-0.1, -0.05) is 6.92 Å². The number of aliphatic hydroxyl groups excluding tert-OH is 1. The van der Waals surface area contributed by atoms with Crippen molar-refractivity contribution in [3.8, 4) is 16.3 Å². The summed E-state index contributed by atoms with van der Waals surface area (Å²) >= 11 is 1.27. The highest BCUT2D eigenvalue weighted by Crippen LogP contribution is 2.45. The molecule has 2 fully saturated rings. The van der Waals surface area contributed by atoms with Crippen LogP contribution in [-0.2, 0) is 0 Å². The minimum atomic E-state index is -5.01. The maximum atomic E-state index is 13.3. The molecule has 2 saturated heterocycles. The van der Waals surface area contributed by atoms with Crippen LogP contribution in [0, 0.1) is 0 Å². The van der Waals surface area contributed by atoms with Crippen molar-refractivity contribution in [1.82, 2.24) is 14.9 Å². The van der Waals surface area contributed by atoms with E-state index in [0.717, 1.165) is 0 Å². The van der Waals surface area contributed by atoms with Crippen molar-refractivity contribution >= 4 is 34.5 Å².